The molecule has 0 heterocycles. The van der Waals surface area contributed by atoms with Gasteiger partial charge in [0.1, 0.15) is 5.82 Å². The van der Waals surface area contributed by atoms with E-state index in [1.807, 2.05) is 37.3 Å². The molecule has 1 unspecified atom stereocenters. The highest BCUT2D eigenvalue weighted by molar-refractivity contribution is 5.85. The van der Waals surface area contributed by atoms with Crippen molar-refractivity contribution in [3.8, 4) is 11.1 Å². The monoisotopic (exact) mass is 251 g/mol. The first-order chi connectivity index (χ1) is 7.68. The molecular formula is C14H15ClFN. The molecule has 0 fully saturated rings. The summed E-state index contributed by atoms with van der Waals surface area (Å²) in [6.45, 7) is 1.92. The van der Waals surface area contributed by atoms with Crippen molar-refractivity contribution >= 4 is 12.4 Å². The van der Waals surface area contributed by atoms with Crippen LogP contribution in [0.25, 0.3) is 11.1 Å². The largest absolute Gasteiger partial charge is 0.324 e. The van der Waals surface area contributed by atoms with Crippen LogP contribution >= 0.6 is 12.4 Å². The second-order valence-corrected chi connectivity index (χ2v) is 3.89. The Kier molecular flexibility index (Phi) is 4.67. The molecule has 1 nitrogen and oxygen atoms in total. The van der Waals surface area contributed by atoms with Gasteiger partial charge in [-0.15, -0.1) is 12.4 Å². The van der Waals surface area contributed by atoms with Crippen LogP contribution in [0.3, 0.4) is 0 Å². The van der Waals surface area contributed by atoms with Crippen molar-refractivity contribution in [3.63, 3.8) is 0 Å². The quantitative estimate of drug-likeness (QED) is 0.860. The van der Waals surface area contributed by atoms with Crippen LogP contribution in [0.15, 0.2) is 48.5 Å². The summed E-state index contributed by atoms with van der Waals surface area (Å²) in [7, 11) is 0. The summed E-state index contributed by atoms with van der Waals surface area (Å²) in [6.07, 6.45) is 0. The van der Waals surface area contributed by atoms with E-state index in [2.05, 4.69) is 0 Å². The van der Waals surface area contributed by atoms with Crippen LogP contribution in [0.1, 0.15) is 18.5 Å². The number of hydrogen-bond acceptors (Lipinski definition) is 1. The molecule has 0 aliphatic heterocycles. The SMILES string of the molecule is CC(N)c1cccc(-c2ccccc2F)c1.Cl. The molecule has 3 heteroatoms. The Morgan fingerprint density at radius 3 is 2.41 bits per heavy atom. The fourth-order valence-corrected chi connectivity index (χ4v) is 1.68. The molecule has 2 N–H and O–H groups in total. The van der Waals surface area contributed by atoms with E-state index in [1.54, 1.807) is 12.1 Å². The third-order valence-corrected chi connectivity index (χ3v) is 2.60. The highest BCUT2D eigenvalue weighted by atomic mass is 35.5. The van der Waals surface area contributed by atoms with Crippen molar-refractivity contribution in [2.75, 3.05) is 0 Å². The van der Waals surface area contributed by atoms with Gasteiger partial charge in [-0.25, -0.2) is 4.39 Å². The molecule has 0 saturated carbocycles. The van der Waals surface area contributed by atoms with E-state index in [-0.39, 0.29) is 24.3 Å². The van der Waals surface area contributed by atoms with Crippen LogP contribution in [-0.4, -0.2) is 0 Å². The van der Waals surface area contributed by atoms with Gasteiger partial charge >= 0.3 is 0 Å². The first-order valence-electron chi connectivity index (χ1n) is 5.29. The zero-order valence-corrected chi connectivity index (χ0v) is 10.4. The van der Waals surface area contributed by atoms with Gasteiger partial charge in [0, 0.05) is 11.6 Å². The molecule has 0 saturated heterocycles. The molecule has 1 atom stereocenters. The Hall–Kier alpha value is -1.38. The highest BCUT2D eigenvalue weighted by Crippen LogP contribution is 2.24. The van der Waals surface area contributed by atoms with Gasteiger partial charge in [0.25, 0.3) is 0 Å². The van der Waals surface area contributed by atoms with Crippen LogP contribution in [0.2, 0.25) is 0 Å². The predicted molar refractivity (Wildman–Crippen MR) is 71.7 cm³/mol. The highest BCUT2D eigenvalue weighted by Gasteiger charge is 2.05. The lowest BCUT2D eigenvalue weighted by atomic mass is 10.0. The number of rotatable bonds is 2. The zero-order valence-electron chi connectivity index (χ0n) is 9.56. The van der Waals surface area contributed by atoms with Crippen molar-refractivity contribution < 1.29 is 4.39 Å². The average Bonchev–Trinajstić information content (AvgIpc) is 2.30. The van der Waals surface area contributed by atoms with Crippen LogP contribution in [0.5, 0.6) is 0 Å². The molecule has 0 amide bonds. The zero-order chi connectivity index (χ0) is 11.5. The van der Waals surface area contributed by atoms with Crippen LogP contribution in [0.4, 0.5) is 4.39 Å². The van der Waals surface area contributed by atoms with Gasteiger partial charge in [-0.2, -0.15) is 0 Å². The Bertz CT molecular complexity index is 497. The fourth-order valence-electron chi connectivity index (χ4n) is 1.68. The molecule has 2 aromatic carbocycles. The van der Waals surface area contributed by atoms with E-state index >= 15 is 0 Å². The second-order valence-electron chi connectivity index (χ2n) is 3.89. The average molecular weight is 252 g/mol. The molecule has 0 aliphatic rings. The van der Waals surface area contributed by atoms with Gasteiger partial charge < -0.3 is 5.73 Å². The van der Waals surface area contributed by atoms with Crippen LogP contribution in [-0.2, 0) is 0 Å². The molecule has 0 aliphatic carbocycles. The summed E-state index contributed by atoms with van der Waals surface area (Å²) in [5, 5.41) is 0. The molecular weight excluding hydrogens is 237 g/mol. The molecule has 0 bridgehead atoms. The third kappa shape index (κ3) is 3.05. The molecule has 0 aromatic heterocycles. The Morgan fingerprint density at radius 2 is 1.76 bits per heavy atom. The summed E-state index contributed by atoms with van der Waals surface area (Å²) >= 11 is 0. The lowest BCUT2D eigenvalue weighted by molar-refractivity contribution is 0.631. The van der Waals surface area contributed by atoms with Gasteiger partial charge in [-0.05, 0) is 30.2 Å². The van der Waals surface area contributed by atoms with E-state index < -0.39 is 0 Å². The Morgan fingerprint density at radius 1 is 1.06 bits per heavy atom. The van der Waals surface area contributed by atoms with Gasteiger partial charge in [0.05, 0.1) is 0 Å². The maximum absolute atomic E-state index is 13.6. The van der Waals surface area contributed by atoms with Crippen molar-refractivity contribution in [2.24, 2.45) is 5.73 Å². The second kappa shape index (κ2) is 5.80. The predicted octanol–water partition coefficient (Wildman–Crippen LogP) is 3.93. The van der Waals surface area contributed by atoms with E-state index in [1.165, 1.54) is 6.07 Å². The molecule has 2 aromatic rings. The molecule has 0 spiro atoms. The maximum Gasteiger partial charge on any atom is 0.131 e. The van der Waals surface area contributed by atoms with E-state index in [0.717, 1.165) is 11.1 Å². The minimum atomic E-state index is -0.204. The van der Waals surface area contributed by atoms with Crippen LogP contribution < -0.4 is 5.73 Å². The summed E-state index contributed by atoms with van der Waals surface area (Å²) in [5.41, 5.74) is 8.30. The smallest absolute Gasteiger partial charge is 0.131 e. The first kappa shape index (κ1) is 13.7. The summed E-state index contributed by atoms with van der Waals surface area (Å²) in [5.74, 6) is -0.204. The van der Waals surface area contributed by atoms with E-state index in [9.17, 15) is 4.39 Å². The molecule has 0 radical (unpaired) electrons. The number of hydrogen-bond donors (Lipinski definition) is 1. The lowest BCUT2D eigenvalue weighted by Crippen LogP contribution is -2.04. The number of benzene rings is 2. The Balaban J connectivity index is 0.00000144. The van der Waals surface area contributed by atoms with Crippen molar-refractivity contribution in [2.45, 2.75) is 13.0 Å². The number of halogens is 2. The van der Waals surface area contributed by atoms with E-state index in [4.69, 9.17) is 5.73 Å². The molecule has 90 valence electrons. The normalized spacial score (nSPS) is 11.7. The van der Waals surface area contributed by atoms with Crippen LogP contribution in [0, 0.1) is 5.82 Å². The Labute approximate surface area is 107 Å². The van der Waals surface area contributed by atoms with Gasteiger partial charge in [0.15, 0.2) is 0 Å². The van der Waals surface area contributed by atoms with Crippen molar-refractivity contribution in [1.82, 2.24) is 0 Å². The topological polar surface area (TPSA) is 26.0 Å². The first-order valence-corrected chi connectivity index (χ1v) is 5.29. The van der Waals surface area contributed by atoms with E-state index in [0.29, 0.717) is 5.56 Å². The summed E-state index contributed by atoms with van der Waals surface area (Å²) < 4.78 is 13.6. The summed E-state index contributed by atoms with van der Waals surface area (Å²) in [4.78, 5) is 0. The maximum atomic E-state index is 13.6. The number of nitrogens with two attached hydrogens (primary N) is 1. The molecule has 17 heavy (non-hydrogen) atoms. The fraction of sp³-hybridized carbons (Fsp3) is 0.143. The van der Waals surface area contributed by atoms with Gasteiger partial charge in [-0.3, -0.25) is 0 Å². The summed E-state index contributed by atoms with van der Waals surface area (Å²) in [6, 6.07) is 14.4. The van der Waals surface area contributed by atoms with Crippen molar-refractivity contribution in [3.05, 3.63) is 59.9 Å². The van der Waals surface area contributed by atoms with Gasteiger partial charge in [-0.1, -0.05) is 36.4 Å². The molecule has 2 rings (SSSR count). The third-order valence-electron chi connectivity index (χ3n) is 2.60. The minimum Gasteiger partial charge on any atom is -0.324 e. The standard InChI is InChI=1S/C14H14FN.ClH/c1-10(16)11-5-4-6-12(9-11)13-7-2-3-8-14(13)15;/h2-10H,16H2,1H3;1H. The van der Waals surface area contributed by atoms with Crippen molar-refractivity contribution in [1.29, 1.82) is 0 Å². The lowest BCUT2D eigenvalue weighted by Gasteiger charge is -2.08. The minimum absolute atomic E-state index is 0. The van der Waals surface area contributed by atoms with Gasteiger partial charge in [0.2, 0.25) is 0 Å².